The molecule has 0 spiro atoms. The van der Waals surface area contributed by atoms with Crippen molar-refractivity contribution >= 4 is 23.9 Å². The van der Waals surface area contributed by atoms with Gasteiger partial charge in [-0.25, -0.2) is 5.43 Å². The molecule has 0 aliphatic carbocycles. The summed E-state index contributed by atoms with van der Waals surface area (Å²) in [7, 11) is 1.64. The summed E-state index contributed by atoms with van der Waals surface area (Å²) in [6, 6.07) is 23.7. The number of hydrogen-bond acceptors (Lipinski definition) is 7. The van der Waals surface area contributed by atoms with Gasteiger partial charge in [0.1, 0.15) is 11.5 Å². The number of amides is 1. The van der Waals surface area contributed by atoms with Crippen LogP contribution in [0.4, 0.5) is 0 Å². The fourth-order valence-corrected chi connectivity index (χ4v) is 4.91. The monoisotopic (exact) mass is 585 g/mol. The molecule has 9 heteroatoms. The third-order valence-electron chi connectivity index (χ3n) is 6.61. The van der Waals surface area contributed by atoms with E-state index in [0.29, 0.717) is 17.6 Å². The molecule has 0 saturated carbocycles. The third kappa shape index (κ3) is 8.45. The second-order valence-electron chi connectivity index (χ2n) is 10.9. The van der Waals surface area contributed by atoms with Crippen molar-refractivity contribution in [2.75, 3.05) is 19.5 Å². The second-order valence-corrected chi connectivity index (χ2v) is 11.8. The van der Waals surface area contributed by atoms with Crippen LogP contribution in [0.3, 0.4) is 0 Å². The van der Waals surface area contributed by atoms with Crippen molar-refractivity contribution in [2.45, 2.75) is 57.5 Å². The molecule has 1 N–H and O–H groups in total. The van der Waals surface area contributed by atoms with Crippen molar-refractivity contribution in [3.05, 3.63) is 83.9 Å². The summed E-state index contributed by atoms with van der Waals surface area (Å²) < 4.78 is 13.0. The third-order valence-corrected chi connectivity index (χ3v) is 7.53. The number of benzene rings is 3. The number of hydrogen-bond donors (Lipinski definition) is 1. The summed E-state index contributed by atoms with van der Waals surface area (Å²) in [5.74, 6) is 2.16. The Morgan fingerprint density at radius 1 is 0.952 bits per heavy atom. The smallest absolute Gasteiger partial charge is 0.250 e. The summed E-state index contributed by atoms with van der Waals surface area (Å²) in [4.78, 5) is 12.6. The second kappa shape index (κ2) is 14.7. The summed E-state index contributed by atoms with van der Waals surface area (Å²) in [6.07, 6.45) is 4.99. The fourth-order valence-electron chi connectivity index (χ4n) is 4.17. The van der Waals surface area contributed by atoms with Gasteiger partial charge in [-0.2, -0.15) is 5.10 Å². The number of methoxy groups -OCH3 is 1. The number of rotatable bonds is 13. The summed E-state index contributed by atoms with van der Waals surface area (Å²) >= 11 is 1.30. The van der Waals surface area contributed by atoms with E-state index in [1.165, 1.54) is 23.7 Å². The average Bonchev–Trinajstić information content (AvgIpc) is 3.42. The van der Waals surface area contributed by atoms with Crippen molar-refractivity contribution < 1.29 is 14.3 Å². The van der Waals surface area contributed by atoms with Crippen LogP contribution in [0.1, 0.15) is 58.1 Å². The van der Waals surface area contributed by atoms with E-state index in [0.717, 1.165) is 41.2 Å². The van der Waals surface area contributed by atoms with Gasteiger partial charge >= 0.3 is 0 Å². The van der Waals surface area contributed by atoms with E-state index in [2.05, 4.69) is 72.7 Å². The van der Waals surface area contributed by atoms with Crippen LogP contribution in [0.25, 0.3) is 17.1 Å². The van der Waals surface area contributed by atoms with Gasteiger partial charge in [-0.15, -0.1) is 10.2 Å². The largest absolute Gasteiger partial charge is 0.497 e. The van der Waals surface area contributed by atoms with Crippen LogP contribution in [-0.4, -0.2) is 46.4 Å². The first kappa shape index (κ1) is 30.8. The summed E-state index contributed by atoms with van der Waals surface area (Å²) in [5, 5.41) is 13.7. The summed E-state index contributed by atoms with van der Waals surface area (Å²) in [5.41, 5.74) is 6.56. The molecule has 4 aromatic rings. The SMILES string of the molecule is CCCCCOc1ccc(/C=N/NC(=O)CSc2nnc(-c3ccc(C(C)(C)C)cc3)n2-c2ccc(OC)cc2)cc1. The Hall–Kier alpha value is -4.11. The van der Waals surface area contributed by atoms with Gasteiger partial charge < -0.3 is 9.47 Å². The highest BCUT2D eigenvalue weighted by Crippen LogP contribution is 2.30. The van der Waals surface area contributed by atoms with Crippen molar-refractivity contribution in [3.8, 4) is 28.6 Å². The minimum atomic E-state index is -0.243. The average molecular weight is 586 g/mol. The molecule has 1 heterocycles. The minimum absolute atomic E-state index is 0.0464. The van der Waals surface area contributed by atoms with Crippen LogP contribution in [0.2, 0.25) is 0 Å². The Bertz CT molecular complexity index is 1460. The minimum Gasteiger partial charge on any atom is -0.497 e. The Morgan fingerprint density at radius 3 is 2.29 bits per heavy atom. The Labute approximate surface area is 252 Å². The van der Waals surface area contributed by atoms with Gasteiger partial charge in [0.05, 0.1) is 25.7 Å². The van der Waals surface area contributed by atoms with Gasteiger partial charge in [-0.05, 0) is 71.5 Å². The van der Waals surface area contributed by atoms with Crippen LogP contribution in [0.15, 0.2) is 83.1 Å². The molecule has 0 atom stereocenters. The van der Waals surface area contributed by atoms with Crippen LogP contribution in [0.5, 0.6) is 11.5 Å². The highest BCUT2D eigenvalue weighted by Gasteiger charge is 2.19. The zero-order valence-corrected chi connectivity index (χ0v) is 25.8. The molecule has 8 nitrogen and oxygen atoms in total. The lowest BCUT2D eigenvalue weighted by atomic mass is 9.87. The van der Waals surface area contributed by atoms with Crippen molar-refractivity contribution in [1.29, 1.82) is 0 Å². The molecule has 220 valence electrons. The number of nitrogens with zero attached hydrogens (tertiary/aromatic N) is 4. The van der Waals surface area contributed by atoms with E-state index in [1.807, 2.05) is 53.1 Å². The molecule has 0 fully saturated rings. The molecule has 0 aliphatic heterocycles. The maximum absolute atomic E-state index is 12.6. The van der Waals surface area contributed by atoms with E-state index >= 15 is 0 Å². The van der Waals surface area contributed by atoms with E-state index in [4.69, 9.17) is 9.47 Å². The molecule has 0 unspecified atom stereocenters. The topological polar surface area (TPSA) is 90.6 Å². The van der Waals surface area contributed by atoms with E-state index in [9.17, 15) is 4.79 Å². The lowest BCUT2D eigenvalue weighted by Gasteiger charge is -2.19. The number of carbonyl (C=O) groups excluding carboxylic acids is 1. The Kier molecular flexibility index (Phi) is 10.8. The normalized spacial score (nSPS) is 11.5. The van der Waals surface area contributed by atoms with Crippen molar-refractivity contribution in [2.24, 2.45) is 5.10 Å². The predicted octanol–water partition coefficient (Wildman–Crippen LogP) is 7.05. The fraction of sp³-hybridized carbons (Fsp3) is 0.333. The quantitative estimate of drug-likeness (QED) is 0.0783. The van der Waals surface area contributed by atoms with Crippen molar-refractivity contribution in [1.82, 2.24) is 20.2 Å². The maximum Gasteiger partial charge on any atom is 0.250 e. The zero-order chi connectivity index (χ0) is 30.0. The van der Waals surface area contributed by atoms with Gasteiger partial charge in [-0.3, -0.25) is 9.36 Å². The Balaban J connectivity index is 1.42. The lowest BCUT2D eigenvalue weighted by Crippen LogP contribution is -2.20. The van der Waals surface area contributed by atoms with E-state index < -0.39 is 0 Å². The highest BCUT2D eigenvalue weighted by atomic mass is 32.2. The molecule has 4 rings (SSSR count). The van der Waals surface area contributed by atoms with Crippen LogP contribution < -0.4 is 14.9 Å². The number of unbranched alkanes of at least 4 members (excludes halogenated alkanes) is 2. The summed E-state index contributed by atoms with van der Waals surface area (Å²) in [6.45, 7) is 9.45. The lowest BCUT2D eigenvalue weighted by molar-refractivity contribution is -0.118. The molecule has 42 heavy (non-hydrogen) atoms. The molecular formula is C33H39N5O3S. The number of thioether (sulfide) groups is 1. The molecule has 1 aromatic heterocycles. The molecule has 0 bridgehead atoms. The van der Waals surface area contributed by atoms with Gasteiger partial charge in [0.25, 0.3) is 5.91 Å². The number of hydrazone groups is 1. The predicted molar refractivity (Wildman–Crippen MR) is 170 cm³/mol. The number of aromatic nitrogens is 3. The first-order chi connectivity index (χ1) is 20.3. The molecule has 0 radical (unpaired) electrons. The van der Waals surface area contributed by atoms with Crippen molar-refractivity contribution in [3.63, 3.8) is 0 Å². The van der Waals surface area contributed by atoms with Gasteiger partial charge in [0, 0.05) is 11.3 Å². The van der Waals surface area contributed by atoms with Crippen LogP contribution in [0, 0.1) is 0 Å². The molecule has 1 amide bonds. The number of carbonyl (C=O) groups is 1. The van der Waals surface area contributed by atoms with E-state index in [1.54, 1.807) is 13.3 Å². The number of ether oxygens (including phenoxy) is 2. The molecule has 0 saturated heterocycles. The Morgan fingerprint density at radius 2 is 1.64 bits per heavy atom. The molecular weight excluding hydrogens is 546 g/mol. The first-order valence-corrected chi connectivity index (χ1v) is 15.2. The van der Waals surface area contributed by atoms with Crippen LogP contribution >= 0.6 is 11.8 Å². The molecule has 3 aromatic carbocycles. The number of nitrogens with one attached hydrogen (secondary N) is 1. The highest BCUT2D eigenvalue weighted by molar-refractivity contribution is 7.99. The molecule has 0 aliphatic rings. The van der Waals surface area contributed by atoms with E-state index in [-0.39, 0.29) is 17.1 Å². The first-order valence-electron chi connectivity index (χ1n) is 14.2. The van der Waals surface area contributed by atoms with Gasteiger partial charge in [0.15, 0.2) is 11.0 Å². The standard InChI is InChI=1S/C33H39N5O3S/c1-6-7-8-21-41-29-17-9-24(10-18-29)22-34-35-30(39)23-42-32-37-36-31(25-11-13-26(14-12-25)33(2,3)4)38(32)27-15-19-28(40-5)20-16-27/h9-20,22H,6-8,21,23H2,1-5H3,(H,35,39)/b34-22+. The van der Waals surface area contributed by atoms with Gasteiger partial charge in [-0.1, -0.05) is 76.6 Å². The van der Waals surface area contributed by atoms with Gasteiger partial charge in [0.2, 0.25) is 0 Å². The maximum atomic E-state index is 12.6. The zero-order valence-electron chi connectivity index (χ0n) is 25.0. The van der Waals surface area contributed by atoms with Crippen LogP contribution in [-0.2, 0) is 10.2 Å².